The van der Waals surface area contributed by atoms with Crippen molar-refractivity contribution in [2.24, 2.45) is 4.99 Å². The normalized spacial score (nSPS) is 17.5. The summed E-state index contributed by atoms with van der Waals surface area (Å²) in [7, 11) is 2.62. The minimum Gasteiger partial charge on any atom is -0.453 e. The molecule has 2 aliphatic rings. The Morgan fingerprint density at radius 3 is 1.80 bits per heavy atom. The van der Waals surface area contributed by atoms with Crippen LogP contribution in [-0.2, 0) is 24.1 Å². The Morgan fingerprint density at radius 2 is 1.27 bits per heavy atom. The van der Waals surface area contributed by atoms with E-state index >= 15 is 0 Å². The highest BCUT2D eigenvalue weighted by atomic mass is 17.2. The van der Waals surface area contributed by atoms with Gasteiger partial charge in [-0.15, -0.1) is 0 Å². The van der Waals surface area contributed by atoms with Gasteiger partial charge in [-0.05, 0) is 73.2 Å². The zero-order chi connectivity index (χ0) is 41.6. The lowest BCUT2D eigenvalue weighted by molar-refractivity contribution is -0.188. The monoisotopic (exact) mass is 812 g/mol. The molecule has 0 spiro atoms. The summed E-state index contributed by atoms with van der Waals surface area (Å²) in [4.78, 5) is 87.1. The van der Waals surface area contributed by atoms with Gasteiger partial charge >= 0.3 is 12.1 Å². The van der Waals surface area contributed by atoms with E-state index < -0.39 is 24.2 Å². The number of rotatable bonds is 12. The average molecular weight is 813 g/mol. The number of amides is 5. The molecule has 2 fully saturated rings. The molecule has 5 amide bonds. The van der Waals surface area contributed by atoms with Gasteiger partial charge in [0.05, 0.1) is 48.4 Å². The minimum absolute atomic E-state index is 0.179. The summed E-state index contributed by atoms with van der Waals surface area (Å²) in [6.45, 7) is 1.05. The molecule has 0 aliphatic carbocycles. The zero-order valence-corrected chi connectivity index (χ0v) is 33.0. The van der Waals surface area contributed by atoms with Gasteiger partial charge in [0.25, 0.3) is 11.8 Å². The fourth-order valence-corrected chi connectivity index (χ4v) is 7.94. The molecule has 2 aliphatic heterocycles. The number of aromatic amines is 2. The Balaban J connectivity index is 0.933. The number of nitrogens with one attached hydrogen (secondary N) is 5. The number of aromatic nitrogens is 4. The van der Waals surface area contributed by atoms with Crippen LogP contribution in [-0.4, -0.2) is 87.4 Å². The van der Waals surface area contributed by atoms with E-state index in [2.05, 4.69) is 35.8 Å². The number of fused-ring (bicyclic) bond motifs is 2. The molecule has 0 bridgehead atoms. The summed E-state index contributed by atoms with van der Waals surface area (Å²) in [5, 5.41) is 8.47. The zero-order valence-electron chi connectivity index (χ0n) is 33.0. The van der Waals surface area contributed by atoms with E-state index in [4.69, 9.17) is 19.6 Å². The van der Waals surface area contributed by atoms with Crippen molar-refractivity contribution in [3.8, 4) is 0 Å². The molecular weight excluding hydrogens is 769 g/mol. The number of hydrogen-bond donors (Lipinski definition) is 5. The maximum absolute atomic E-state index is 13.9. The number of carbonyl (C=O) groups is 4. The van der Waals surface area contributed by atoms with Gasteiger partial charge in [0.15, 0.2) is 6.04 Å². The highest BCUT2D eigenvalue weighted by molar-refractivity contribution is 6.01. The molecule has 17 nitrogen and oxygen atoms in total. The molecule has 0 saturated carbocycles. The summed E-state index contributed by atoms with van der Waals surface area (Å²) in [6.07, 6.45) is 3.41. The summed E-state index contributed by atoms with van der Waals surface area (Å²) < 4.78 is 4.81. The van der Waals surface area contributed by atoms with Crippen molar-refractivity contribution in [1.82, 2.24) is 35.1 Å². The number of anilines is 2. The molecule has 2 aromatic heterocycles. The number of alkyl carbamates (subject to hydrolysis) is 1. The van der Waals surface area contributed by atoms with E-state index in [0.717, 1.165) is 31.2 Å². The summed E-state index contributed by atoms with van der Waals surface area (Å²) in [5.41, 5.74) is 5.20. The summed E-state index contributed by atoms with van der Waals surface area (Å²) >= 11 is 0. The number of aliphatic imine (C=N–C) groups is 1. The largest absolute Gasteiger partial charge is 0.453 e. The number of hydrogen-bond acceptors (Lipinski definition) is 10. The van der Waals surface area contributed by atoms with Crippen LogP contribution in [0.25, 0.3) is 22.1 Å². The molecule has 8 rings (SSSR count). The Morgan fingerprint density at radius 1 is 0.733 bits per heavy atom. The van der Waals surface area contributed by atoms with Crippen LogP contribution in [0, 0.1) is 0 Å². The topological polar surface area (TPSA) is 208 Å². The number of nitrogens with zero attached hydrogens (tertiary/aromatic N) is 5. The average Bonchev–Trinajstić information content (AvgIpc) is 4.10. The van der Waals surface area contributed by atoms with Gasteiger partial charge in [-0.25, -0.2) is 24.5 Å². The molecule has 4 aromatic carbocycles. The van der Waals surface area contributed by atoms with E-state index in [-0.39, 0.29) is 23.9 Å². The predicted octanol–water partition coefficient (Wildman–Crippen LogP) is 6.86. The fourth-order valence-electron chi connectivity index (χ4n) is 7.94. The first-order chi connectivity index (χ1) is 29.3. The van der Waals surface area contributed by atoms with E-state index in [1.807, 2.05) is 54.6 Å². The van der Waals surface area contributed by atoms with Crippen LogP contribution < -0.4 is 16.0 Å². The van der Waals surface area contributed by atoms with Gasteiger partial charge in [-0.1, -0.05) is 60.7 Å². The molecule has 6 aromatic rings. The molecule has 60 heavy (non-hydrogen) atoms. The van der Waals surface area contributed by atoms with Gasteiger partial charge < -0.3 is 45.3 Å². The van der Waals surface area contributed by atoms with E-state index in [1.165, 1.54) is 14.2 Å². The van der Waals surface area contributed by atoms with E-state index in [9.17, 15) is 19.2 Å². The van der Waals surface area contributed by atoms with Gasteiger partial charge in [0.2, 0.25) is 6.40 Å². The van der Waals surface area contributed by atoms with Crippen molar-refractivity contribution >= 4 is 63.8 Å². The third kappa shape index (κ3) is 8.47. The van der Waals surface area contributed by atoms with Crippen molar-refractivity contribution in [2.75, 3.05) is 37.9 Å². The number of carbonyl (C=O) groups excluding carboxylic acids is 4. The first kappa shape index (κ1) is 39.6. The van der Waals surface area contributed by atoms with Crippen molar-refractivity contribution in [3.05, 3.63) is 120 Å². The van der Waals surface area contributed by atoms with Crippen molar-refractivity contribution in [3.63, 3.8) is 0 Å². The molecule has 17 heteroatoms. The predicted molar refractivity (Wildman–Crippen MR) is 223 cm³/mol. The molecule has 4 atom stereocenters. The number of methoxy groups -OCH3 is 1. The van der Waals surface area contributed by atoms with Crippen molar-refractivity contribution < 1.29 is 33.7 Å². The van der Waals surface area contributed by atoms with Crippen LogP contribution in [0.5, 0.6) is 0 Å². The smallest absolute Gasteiger partial charge is 0.407 e. The van der Waals surface area contributed by atoms with Gasteiger partial charge in [-0.3, -0.25) is 9.59 Å². The number of urea groups is 1. The number of likely N-dealkylation sites (tertiary alicyclic amines) is 2. The third-order valence-corrected chi connectivity index (χ3v) is 10.7. The Hall–Kier alpha value is -7.27. The maximum atomic E-state index is 13.9. The van der Waals surface area contributed by atoms with Crippen LogP contribution in [0.15, 0.2) is 102 Å². The second-order valence-corrected chi connectivity index (χ2v) is 14.5. The highest BCUT2D eigenvalue weighted by Crippen LogP contribution is 2.36. The Bertz CT molecular complexity index is 2530. The van der Waals surface area contributed by atoms with E-state index in [1.54, 1.807) is 52.3 Å². The van der Waals surface area contributed by atoms with Crippen molar-refractivity contribution in [1.29, 1.82) is 0 Å². The second kappa shape index (κ2) is 17.7. The SMILES string of the molecule is COOC=NC(C(=O)N1CCC[C@H]1c1nc2ccc(NC(=O)Nc3ccc4nc([C@@H]5CCCN5C(=O)[C@H](NC(=O)OC)c5ccccc5)[nH]c4c3)cc2[nH]1)c1ccccc1. The lowest BCUT2D eigenvalue weighted by atomic mass is 10.1. The minimum atomic E-state index is -0.927. The fraction of sp³-hybridized carbons (Fsp3) is 0.279. The quantitative estimate of drug-likeness (QED) is 0.0378. The third-order valence-electron chi connectivity index (χ3n) is 10.7. The standard InChI is InChI=1S/C43H44N10O7/c1-58-43(57)51-37(27-13-7-4-8-14-27)41(55)53-22-10-16-35(53)39-48-31-20-18-29(24-33(31)50-39)46-42(56)45-28-17-19-30-32(23-28)49-38(47-30)34-15-9-21-52(34)40(54)36(44-25-60-59-2)26-11-5-3-6-12-26/h3-8,11-14,17-20,23-25,34-37H,9-10,15-16,21-22H2,1-2H3,(H,47,49)(H,48,50)(H,51,57)(H2,45,46,56)/t34-,35-,36?,37+/m0/s1. The maximum Gasteiger partial charge on any atom is 0.407 e. The lowest BCUT2D eigenvalue weighted by Crippen LogP contribution is -2.42. The van der Waals surface area contributed by atoms with Crippen molar-refractivity contribution in [2.45, 2.75) is 49.9 Å². The van der Waals surface area contributed by atoms with Crippen LogP contribution >= 0.6 is 0 Å². The van der Waals surface area contributed by atoms with Gasteiger partial charge in [0, 0.05) is 24.5 Å². The van der Waals surface area contributed by atoms with Crippen LogP contribution in [0.3, 0.4) is 0 Å². The first-order valence-electron chi connectivity index (χ1n) is 19.6. The molecule has 4 heterocycles. The number of benzene rings is 4. The van der Waals surface area contributed by atoms with Gasteiger partial charge in [0.1, 0.15) is 17.7 Å². The van der Waals surface area contributed by atoms with Gasteiger partial charge in [-0.2, -0.15) is 4.89 Å². The summed E-state index contributed by atoms with van der Waals surface area (Å²) in [6, 6.07) is 26.2. The van der Waals surface area contributed by atoms with Crippen LogP contribution in [0.1, 0.15) is 72.6 Å². The van der Waals surface area contributed by atoms with Crippen LogP contribution in [0.4, 0.5) is 21.0 Å². The second-order valence-electron chi connectivity index (χ2n) is 14.5. The highest BCUT2D eigenvalue weighted by Gasteiger charge is 2.38. The molecular formula is C43H44N10O7. The number of imidazole rings is 2. The molecule has 5 N–H and O–H groups in total. The first-order valence-corrected chi connectivity index (χ1v) is 19.6. The summed E-state index contributed by atoms with van der Waals surface area (Å²) in [5.74, 6) is 0.816. The molecule has 308 valence electrons. The van der Waals surface area contributed by atoms with E-state index in [0.29, 0.717) is 70.2 Å². The molecule has 0 radical (unpaired) electrons. The molecule has 2 saturated heterocycles. The van der Waals surface area contributed by atoms with Crippen LogP contribution in [0.2, 0.25) is 0 Å². The number of H-pyrrole nitrogens is 2. The number of ether oxygens (including phenoxy) is 1. The molecule has 1 unspecified atom stereocenters. The lowest BCUT2D eigenvalue weighted by Gasteiger charge is -2.28. The Kier molecular flexibility index (Phi) is 11.7. The Labute approximate surface area is 344 Å².